The average Bonchev–Trinajstić information content (AvgIpc) is 3.16. The van der Waals surface area contributed by atoms with Gasteiger partial charge in [0.15, 0.2) is 0 Å². The first-order valence-corrected chi connectivity index (χ1v) is 7.46. The van der Waals surface area contributed by atoms with E-state index in [1.165, 1.54) is 0 Å². The Hall–Kier alpha value is -1.10. The van der Waals surface area contributed by atoms with Crippen molar-refractivity contribution in [2.24, 2.45) is 11.3 Å². The van der Waals surface area contributed by atoms with Crippen LogP contribution >= 0.6 is 0 Å². The minimum absolute atomic E-state index is 0.0180. The van der Waals surface area contributed by atoms with Gasteiger partial charge in [0.05, 0.1) is 0 Å². The van der Waals surface area contributed by atoms with E-state index >= 15 is 0 Å². The molecular formula is C15H26N2O3. The Morgan fingerprint density at radius 1 is 1.30 bits per heavy atom. The summed E-state index contributed by atoms with van der Waals surface area (Å²) in [5.74, 6) is 0.428. The van der Waals surface area contributed by atoms with Crippen LogP contribution in [0.5, 0.6) is 0 Å². The van der Waals surface area contributed by atoms with Crippen LogP contribution in [0.15, 0.2) is 0 Å². The van der Waals surface area contributed by atoms with Crippen molar-refractivity contribution < 1.29 is 14.3 Å². The van der Waals surface area contributed by atoms with Crippen molar-refractivity contribution in [1.29, 1.82) is 0 Å². The van der Waals surface area contributed by atoms with E-state index in [0.717, 1.165) is 19.3 Å². The first-order valence-electron chi connectivity index (χ1n) is 7.46. The van der Waals surface area contributed by atoms with Gasteiger partial charge in [-0.05, 0) is 30.6 Å². The molecule has 5 heteroatoms. The Balaban J connectivity index is 2.15. The summed E-state index contributed by atoms with van der Waals surface area (Å²) in [6, 6.07) is -0.689. The molecule has 2 rings (SSSR count). The maximum Gasteiger partial charge on any atom is 0.246 e. The molecule has 2 fully saturated rings. The summed E-state index contributed by atoms with van der Waals surface area (Å²) in [6.45, 7) is 7.18. The second-order valence-corrected chi connectivity index (χ2v) is 6.97. The van der Waals surface area contributed by atoms with Crippen LogP contribution in [-0.4, -0.2) is 49.1 Å². The zero-order chi connectivity index (χ0) is 14.9. The predicted molar refractivity (Wildman–Crippen MR) is 76.1 cm³/mol. The number of carbonyl (C=O) groups excluding carboxylic acids is 2. The monoisotopic (exact) mass is 282 g/mol. The number of carbonyl (C=O) groups is 2. The maximum atomic E-state index is 12.7. The van der Waals surface area contributed by atoms with E-state index in [1.54, 1.807) is 12.0 Å². The SMILES string of the molecule is COCCCN1C(=O)C(C(C)(C)C)NC(=O)C1C1CC1. The molecule has 0 bridgehead atoms. The average molecular weight is 282 g/mol. The van der Waals surface area contributed by atoms with Gasteiger partial charge in [-0.15, -0.1) is 0 Å². The van der Waals surface area contributed by atoms with Crippen LogP contribution in [0.2, 0.25) is 0 Å². The van der Waals surface area contributed by atoms with Crippen molar-refractivity contribution in [3.63, 3.8) is 0 Å². The fraction of sp³-hybridized carbons (Fsp3) is 0.867. The number of nitrogens with zero attached hydrogens (tertiary/aromatic N) is 1. The molecule has 0 aromatic carbocycles. The second-order valence-electron chi connectivity index (χ2n) is 6.97. The number of nitrogens with one attached hydrogen (secondary N) is 1. The van der Waals surface area contributed by atoms with E-state index in [2.05, 4.69) is 5.32 Å². The molecule has 1 heterocycles. The fourth-order valence-corrected chi connectivity index (χ4v) is 2.83. The molecule has 0 spiro atoms. The van der Waals surface area contributed by atoms with Gasteiger partial charge in [-0.1, -0.05) is 20.8 Å². The Morgan fingerprint density at radius 3 is 2.45 bits per heavy atom. The Morgan fingerprint density at radius 2 is 1.95 bits per heavy atom. The Bertz CT molecular complexity index is 385. The third kappa shape index (κ3) is 3.14. The third-order valence-corrected chi connectivity index (χ3v) is 4.10. The van der Waals surface area contributed by atoms with Crippen molar-refractivity contribution >= 4 is 11.8 Å². The van der Waals surface area contributed by atoms with Gasteiger partial charge in [0.25, 0.3) is 0 Å². The number of piperazine rings is 1. The van der Waals surface area contributed by atoms with Crippen LogP contribution in [-0.2, 0) is 14.3 Å². The first-order chi connectivity index (χ1) is 9.36. The molecule has 1 aliphatic heterocycles. The zero-order valence-corrected chi connectivity index (χ0v) is 12.9. The van der Waals surface area contributed by atoms with Crippen molar-refractivity contribution in [3.8, 4) is 0 Å². The second kappa shape index (κ2) is 5.72. The predicted octanol–water partition coefficient (Wildman–Crippen LogP) is 1.17. The normalized spacial score (nSPS) is 27.7. The number of rotatable bonds is 5. The van der Waals surface area contributed by atoms with Gasteiger partial charge in [0, 0.05) is 20.3 Å². The lowest BCUT2D eigenvalue weighted by Gasteiger charge is -2.43. The number of amides is 2. The molecule has 2 atom stereocenters. The van der Waals surface area contributed by atoms with Crippen molar-refractivity contribution in [2.75, 3.05) is 20.3 Å². The van der Waals surface area contributed by atoms with E-state index in [9.17, 15) is 9.59 Å². The van der Waals surface area contributed by atoms with Gasteiger partial charge in [-0.2, -0.15) is 0 Å². The fourth-order valence-electron chi connectivity index (χ4n) is 2.83. The summed E-state index contributed by atoms with van der Waals surface area (Å²) in [7, 11) is 1.65. The van der Waals surface area contributed by atoms with E-state index in [-0.39, 0.29) is 23.3 Å². The molecule has 1 saturated heterocycles. The molecule has 0 aromatic rings. The van der Waals surface area contributed by atoms with Gasteiger partial charge in [0.1, 0.15) is 12.1 Å². The highest BCUT2D eigenvalue weighted by molar-refractivity contribution is 5.97. The summed E-state index contributed by atoms with van der Waals surface area (Å²) < 4.78 is 5.06. The lowest BCUT2D eigenvalue weighted by atomic mass is 9.83. The highest BCUT2D eigenvalue weighted by Gasteiger charge is 2.50. The van der Waals surface area contributed by atoms with Crippen molar-refractivity contribution in [2.45, 2.75) is 52.1 Å². The molecule has 2 aliphatic rings. The van der Waals surface area contributed by atoms with Gasteiger partial charge in [-0.3, -0.25) is 9.59 Å². The number of hydrogen-bond acceptors (Lipinski definition) is 3. The van der Waals surface area contributed by atoms with Gasteiger partial charge < -0.3 is 15.0 Å². The molecule has 2 amide bonds. The molecular weight excluding hydrogens is 256 g/mol. The Kier molecular flexibility index (Phi) is 4.37. The van der Waals surface area contributed by atoms with Gasteiger partial charge in [0.2, 0.25) is 11.8 Å². The summed E-state index contributed by atoms with van der Waals surface area (Å²) in [6.07, 6.45) is 2.87. The first kappa shape index (κ1) is 15.3. The quantitative estimate of drug-likeness (QED) is 0.770. The molecule has 1 N–H and O–H groups in total. The molecule has 1 saturated carbocycles. The van der Waals surface area contributed by atoms with E-state index in [4.69, 9.17) is 4.74 Å². The van der Waals surface area contributed by atoms with Crippen LogP contribution in [0.3, 0.4) is 0 Å². The van der Waals surface area contributed by atoms with Crippen LogP contribution in [0.4, 0.5) is 0 Å². The van der Waals surface area contributed by atoms with Crippen LogP contribution in [0.1, 0.15) is 40.0 Å². The highest BCUT2D eigenvalue weighted by atomic mass is 16.5. The number of methoxy groups -OCH3 is 1. The summed E-state index contributed by atoms with van der Waals surface area (Å²) in [4.78, 5) is 26.9. The minimum atomic E-state index is -0.424. The van der Waals surface area contributed by atoms with Gasteiger partial charge in [-0.25, -0.2) is 0 Å². The zero-order valence-electron chi connectivity index (χ0n) is 12.9. The van der Waals surface area contributed by atoms with E-state index in [0.29, 0.717) is 19.1 Å². The molecule has 20 heavy (non-hydrogen) atoms. The summed E-state index contributed by atoms with van der Waals surface area (Å²) >= 11 is 0. The van der Waals surface area contributed by atoms with E-state index < -0.39 is 6.04 Å². The maximum absolute atomic E-state index is 12.7. The summed E-state index contributed by atoms with van der Waals surface area (Å²) in [5, 5.41) is 2.94. The topological polar surface area (TPSA) is 58.6 Å². The largest absolute Gasteiger partial charge is 0.385 e. The Labute approximate surface area is 121 Å². The standard InChI is InChI=1S/C15H26N2O3/c1-15(2,3)12-14(19)17(8-5-9-20-4)11(10-6-7-10)13(18)16-12/h10-12H,5-9H2,1-4H3,(H,16,18). The molecule has 0 aromatic heterocycles. The lowest BCUT2D eigenvalue weighted by Crippen LogP contribution is -2.67. The van der Waals surface area contributed by atoms with Gasteiger partial charge >= 0.3 is 0 Å². The molecule has 0 radical (unpaired) electrons. The van der Waals surface area contributed by atoms with E-state index in [1.807, 2.05) is 20.8 Å². The van der Waals surface area contributed by atoms with Crippen LogP contribution in [0, 0.1) is 11.3 Å². The molecule has 2 unspecified atom stereocenters. The number of ether oxygens (including phenoxy) is 1. The highest BCUT2D eigenvalue weighted by Crippen LogP contribution is 2.38. The number of hydrogen-bond donors (Lipinski definition) is 1. The smallest absolute Gasteiger partial charge is 0.246 e. The van der Waals surface area contributed by atoms with Crippen LogP contribution < -0.4 is 5.32 Å². The minimum Gasteiger partial charge on any atom is -0.385 e. The molecule has 114 valence electrons. The lowest BCUT2D eigenvalue weighted by molar-refractivity contribution is -0.153. The third-order valence-electron chi connectivity index (χ3n) is 4.10. The van der Waals surface area contributed by atoms with Crippen molar-refractivity contribution in [1.82, 2.24) is 10.2 Å². The summed E-state index contributed by atoms with van der Waals surface area (Å²) in [5.41, 5.74) is -0.263. The van der Waals surface area contributed by atoms with Crippen molar-refractivity contribution in [3.05, 3.63) is 0 Å². The molecule has 5 nitrogen and oxygen atoms in total. The van der Waals surface area contributed by atoms with Crippen LogP contribution in [0.25, 0.3) is 0 Å². The molecule has 1 aliphatic carbocycles.